The number of benzene rings is 1. The van der Waals surface area contributed by atoms with Crippen molar-refractivity contribution in [1.82, 2.24) is 0 Å². The minimum absolute atomic E-state index is 0.147. The van der Waals surface area contributed by atoms with E-state index >= 15 is 0 Å². The lowest BCUT2D eigenvalue weighted by Gasteiger charge is -2.11. The van der Waals surface area contributed by atoms with Crippen molar-refractivity contribution in [3.05, 3.63) is 48.1 Å². The van der Waals surface area contributed by atoms with Gasteiger partial charge in [-0.3, -0.25) is 4.99 Å². The molecule has 1 N–H and O–H groups in total. The van der Waals surface area contributed by atoms with Crippen LogP contribution in [0.4, 0.5) is 5.69 Å². The van der Waals surface area contributed by atoms with E-state index in [2.05, 4.69) is 40.2 Å². The number of allylic oxidation sites excluding steroid dienone is 2. The Hall–Kier alpha value is -2.16. The summed E-state index contributed by atoms with van der Waals surface area (Å²) >= 11 is 0. The molecule has 3 heteroatoms. The average molecular weight is 253 g/mol. The maximum absolute atomic E-state index is 7.07. The van der Waals surface area contributed by atoms with E-state index in [9.17, 15) is 0 Å². The second-order valence-corrected chi connectivity index (χ2v) is 4.74. The highest BCUT2D eigenvalue weighted by molar-refractivity contribution is 6.08. The van der Waals surface area contributed by atoms with Crippen LogP contribution in [0.3, 0.4) is 0 Å². The molecule has 1 aromatic carbocycles. The zero-order valence-corrected chi connectivity index (χ0v) is 11.4. The lowest BCUT2D eigenvalue weighted by Crippen LogP contribution is -2.07. The standard InChI is InChI=1S/C16H19N3/c1-19(2)16-9-4-13(5-10-16)3-6-14-7-8-15(18-14)11-12-17/h3-10,12,15,17H,11H2,1-2H3/b6-3+,17-12?. The average Bonchev–Trinajstić information content (AvgIpc) is 2.85. The minimum Gasteiger partial charge on any atom is -0.378 e. The molecule has 1 aliphatic rings. The molecular formula is C16H19N3. The fourth-order valence-corrected chi connectivity index (χ4v) is 1.90. The molecule has 0 saturated carbocycles. The topological polar surface area (TPSA) is 39.5 Å². The SMILES string of the molecule is CN(C)c1ccc(/C=C/C2=NC(CC=N)C=C2)cc1. The molecular weight excluding hydrogens is 234 g/mol. The molecule has 0 fully saturated rings. The maximum Gasteiger partial charge on any atom is 0.0739 e. The molecule has 3 nitrogen and oxygen atoms in total. The number of rotatable bonds is 5. The first-order valence-electron chi connectivity index (χ1n) is 6.39. The first kappa shape index (κ1) is 13.3. The third kappa shape index (κ3) is 3.65. The molecule has 0 spiro atoms. The molecule has 1 heterocycles. The van der Waals surface area contributed by atoms with E-state index in [1.165, 1.54) is 11.9 Å². The minimum atomic E-state index is 0.147. The Morgan fingerprint density at radius 1 is 1.21 bits per heavy atom. The number of nitrogens with zero attached hydrogens (tertiary/aromatic N) is 2. The highest BCUT2D eigenvalue weighted by Crippen LogP contribution is 2.14. The van der Waals surface area contributed by atoms with Gasteiger partial charge in [-0.05, 0) is 36.1 Å². The molecule has 0 aliphatic carbocycles. The van der Waals surface area contributed by atoms with Crippen LogP contribution < -0.4 is 4.90 Å². The molecule has 0 saturated heterocycles. The van der Waals surface area contributed by atoms with Crippen LogP contribution in [0.2, 0.25) is 0 Å². The largest absolute Gasteiger partial charge is 0.378 e. The first-order valence-corrected chi connectivity index (χ1v) is 6.39. The number of hydrogen-bond donors (Lipinski definition) is 1. The van der Waals surface area contributed by atoms with Crippen molar-refractivity contribution in [3.63, 3.8) is 0 Å². The van der Waals surface area contributed by atoms with Crippen molar-refractivity contribution >= 4 is 23.7 Å². The molecule has 19 heavy (non-hydrogen) atoms. The maximum atomic E-state index is 7.07. The summed E-state index contributed by atoms with van der Waals surface area (Å²) in [6.45, 7) is 0. The molecule has 1 atom stereocenters. The molecule has 2 rings (SSSR count). The van der Waals surface area contributed by atoms with Crippen molar-refractivity contribution in [1.29, 1.82) is 5.41 Å². The van der Waals surface area contributed by atoms with Crippen molar-refractivity contribution < 1.29 is 0 Å². The van der Waals surface area contributed by atoms with E-state index in [1.807, 2.05) is 32.3 Å². The Kier molecular flexibility index (Phi) is 4.29. The predicted octanol–water partition coefficient (Wildman–Crippen LogP) is 3.18. The monoisotopic (exact) mass is 253 g/mol. The Morgan fingerprint density at radius 2 is 1.95 bits per heavy atom. The fourth-order valence-electron chi connectivity index (χ4n) is 1.90. The Balaban J connectivity index is 2.01. The number of hydrogen-bond acceptors (Lipinski definition) is 3. The van der Waals surface area contributed by atoms with Crippen LogP contribution in [0.1, 0.15) is 12.0 Å². The zero-order chi connectivity index (χ0) is 13.7. The van der Waals surface area contributed by atoms with Crippen LogP contribution in [0.15, 0.2) is 47.5 Å². The van der Waals surface area contributed by atoms with Crippen molar-refractivity contribution in [2.75, 3.05) is 19.0 Å². The smallest absolute Gasteiger partial charge is 0.0739 e. The summed E-state index contributed by atoms with van der Waals surface area (Å²) in [4.78, 5) is 6.58. The van der Waals surface area contributed by atoms with Gasteiger partial charge in [-0.25, -0.2) is 0 Å². The number of aliphatic imine (C=N–C) groups is 1. The second-order valence-electron chi connectivity index (χ2n) is 4.74. The zero-order valence-electron chi connectivity index (χ0n) is 11.4. The molecule has 1 unspecified atom stereocenters. The van der Waals surface area contributed by atoms with Gasteiger partial charge in [0, 0.05) is 26.2 Å². The van der Waals surface area contributed by atoms with Gasteiger partial charge in [0.2, 0.25) is 0 Å². The van der Waals surface area contributed by atoms with Gasteiger partial charge < -0.3 is 10.3 Å². The van der Waals surface area contributed by atoms with Crippen LogP contribution in [-0.4, -0.2) is 32.1 Å². The van der Waals surface area contributed by atoms with Gasteiger partial charge in [0.15, 0.2) is 0 Å². The Morgan fingerprint density at radius 3 is 2.58 bits per heavy atom. The fraction of sp³-hybridized carbons (Fsp3) is 0.250. The van der Waals surface area contributed by atoms with Crippen molar-refractivity contribution in [2.24, 2.45) is 4.99 Å². The van der Waals surface area contributed by atoms with Gasteiger partial charge in [0.25, 0.3) is 0 Å². The molecule has 1 aromatic rings. The van der Waals surface area contributed by atoms with Crippen LogP contribution in [0.5, 0.6) is 0 Å². The van der Waals surface area contributed by atoms with E-state index in [-0.39, 0.29) is 6.04 Å². The van der Waals surface area contributed by atoms with Gasteiger partial charge in [0.1, 0.15) is 0 Å². The molecule has 98 valence electrons. The first-order chi connectivity index (χ1) is 9.19. The van der Waals surface area contributed by atoms with Crippen LogP contribution in [0, 0.1) is 5.41 Å². The summed E-state index contributed by atoms with van der Waals surface area (Å²) in [6.07, 6.45) is 10.2. The van der Waals surface area contributed by atoms with Crippen molar-refractivity contribution in [2.45, 2.75) is 12.5 Å². The Labute approximate surface area is 114 Å². The number of nitrogens with one attached hydrogen (secondary N) is 1. The summed E-state index contributed by atoms with van der Waals surface area (Å²) in [5, 5.41) is 7.07. The summed E-state index contributed by atoms with van der Waals surface area (Å²) in [7, 11) is 4.07. The summed E-state index contributed by atoms with van der Waals surface area (Å²) in [5.41, 5.74) is 3.34. The van der Waals surface area contributed by atoms with Gasteiger partial charge >= 0.3 is 0 Å². The lowest BCUT2D eigenvalue weighted by atomic mass is 10.1. The Bertz CT molecular complexity index is 521. The third-order valence-electron chi connectivity index (χ3n) is 3.02. The molecule has 0 bridgehead atoms. The molecule has 0 amide bonds. The summed E-state index contributed by atoms with van der Waals surface area (Å²) in [6, 6.07) is 8.54. The second kappa shape index (κ2) is 6.14. The highest BCUT2D eigenvalue weighted by atomic mass is 15.1. The summed E-state index contributed by atoms with van der Waals surface area (Å²) < 4.78 is 0. The molecule has 0 aromatic heterocycles. The van der Waals surface area contributed by atoms with E-state index < -0.39 is 0 Å². The van der Waals surface area contributed by atoms with Gasteiger partial charge in [-0.2, -0.15) is 0 Å². The number of anilines is 1. The van der Waals surface area contributed by atoms with Gasteiger partial charge in [-0.15, -0.1) is 0 Å². The predicted molar refractivity (Wildman–Crippen MR) is 83.6 cm³/mol. The molecule has 1 aliphatic heterocycles. The van der Waals surface area contributed by atoms with E-state index in [4.69, 9.17) is 5.41 Å². The van der Waals surface area contributed by atoms with E-state index in [0.717, 1.165) is 11.3 Å². The van der Waals surface area contributed by atoms with Crippen molar-refractivity contribution in [3.8, 4) is 0 Å². The lowest BCUT2D eigenvalue weighted by molar-refractivity contribution is 0.885. The quantitative estimate of drug-likeness (QED) is 0.804. The van der Waals surface area contributed by atoms with Crippen LogP contribution in [0.25, 0.3) is 6.08 Å². The van der Waals surface area contributed by atoms with Crippen LogP contribution in [-0.2, 0) is 0 Å². The normalized spacial score (nSPS) is 17.8. The molecule has 0 radical (unpaired) electrons. The highest BCUT2D eigenvalue weighted by Gasteiger charge is 2.06. The van der Waals surface area contributed by atoms with Crippen LogP contribution >= 0.6 is 0 Å². The van der Waals surface area contributed by atoms with Gasteiger partial charge in [-0.1, -0.05) is 24.3 Å². The van der Waals surface area contributed by atoms with E-state index in [0.29, 0.717) is 6.42 Å². The summed E-state index contributed by atoms with van der Waals surface area (Å²) in [5.74, 6) is 0. The van der Waals surface area contributed by atoms with Gasteiger partial charge in [0.05, 0.1) is 11.8 Å². The van der Waals surface area contributed by atoms with E-state index in [1.54, 1.807) is 0 Å². The third-order valence-corrected chi connectivity index (χ3v) is 3.02.